The summed E-state index contributed by atoms with van der Waals surface area (Å²) < 4.78 is 5.28. The lowest BCUT2D eigenvalue weighted by atomic mass is 10.2. The van der Waals surface area contributed by atoms with Crippen molar-refractivity contribution >= 4 is 34.6 Å². The first-order valence-corrected chi connectivity index (χ1v) is 8.10. The molecule has 1 fully saturated rings. The Morgan fingerprint density at radius 2 is 1.84 bits per heavy atom. The molecule has 130 valence electrons. The number of nitrogens with one attached hydrogen (secondary N) is 1. The molecule has 0 unspecified atom stereocenters. The highest BCUT2D eigenvalue weighted by atomic mass is 35.5. The third-order valence-electron chi connectivity index (χ3n) is 3.89. The molecule has 1 amide bonds. The molecule has 0 aromatic heterocycles. The van der Waals surface area contributed by atoms with E-state index in [1.54, 1.807) is 36.4 Å². The Bertz CT molecular complexity index is 789. The van der Waals surface area contributed by atoms with Crippen LogP contribution in [-0.2, 0) is 4.74 Å². The summed E-state index contributed by atoms with van der Waals surface area (Å²) in [5.74, 6) is -0.356. The van der Waals surface area contributed by atoms with Crippen molar-refractivity contribution in [2.75, 3.05) is 36.5 Å². The number of carbonyl (C=O) groups excluding carboxylic acids is 1. The molecule has 0 atom stereocenters. The fourth-order valence-electron chi connectivity index (χ4n) is 2.62. The van der Waals surface area contributed by atoms with Gasteiger partial charge in [-0.3, -0.25) is 14.9 Å². The van der Waals surface area contributed by atoms with E-state index in [1.165, 1.54) is 6.07 Å². The van der Waals surface area contributed by atoms with Gasteiger partial charge in [0.2, 0.25) is 0 Å². The zero-order chi connectivity index (χ0) is 17.8. The molecular formula is C17H16ClN3O4. The summed E-state index contributed by atoms with van der Waals surface area (Å²) in [6.45, 7) is 2.26. The summed E-state index contributed by atoms with van der Waals surface area (Å²) in [6.07, 6.45) is 0. The van der Waals surface area contributed by atoms with Crippen molar-refractivity contribution in [3.8, 4) is 0 Å². The van der Waals surface area contributed by atoms with Gasteiger partial charge in [-0.05, 0) is 36.4 Å². The van der Waals surface area contributed by atoms with Crippen LogP contribution in [0.1, 0.15) is 10.4 Å². The van der Waals surface area contributed by atoms with E-state index in [0.29, 0.717) is 48.3 Å². The Labute approximate surface area is 149 Å². The third kappa shape index (κ3) is 4.07. The highest BCUT2D eigenvalue weighted by Crippen LogP contribution is 2.31. The second-order valence-electron chi connectivity index (χ2n) is 5.52. The third-order valence-corrected chi connectivity index (χ3v) is 4.14. The topological polar surface area (TPSA) is 84.7 Å². The molecule has 8 heteroatoms. The number of nitro groups is 1. The largest absolute Gasteiger partial charge is 0.378 e. The van der Waals surface area contributed by atoms with Gasteiger partial charge in [0, 0.05) is 35.4 Å². The van der Waals surface area contributed by atoms with Gasteiger partial charge >= 0.3 is 0 Å². The van der Waals surface area contributed by atoms with Crippen molar-refractivity contribution in [3.05, 3.63) is 63.2 Å². The molecule has 0 radical (unpaired) electrons. The average Bonchev–Trinajstić information content (AvgIpc) is 2.63. The van der Waals surface area contributed by atoms with Gasteiger partial charge in [0.1, 0.15) is 5.69 Å². The van der Waals surface area contributed by atoms with Gasteiger partial charge in [-0.15, -0.1) is 0 Å². The van der Waals surface area contributed by atoms with Crippen molar-refractivity contribution in [2.45, 2.75) is 0 Å². The molecule has 25 heavy (non-hydrogen) atoms. The predicted octanol–water partition coefficient (Wildman–Crippen LogP) is 3.34. The Kier molecular flexibility index (Phi) is 5.16. The van der Waals surface area contributed by atoms with Crippen LogP contribution in [0.3, 0.4) is 0 Å². The first kappa shape index (κ1) is 17.2. The van der Waals surface area contributed by atoms with Crippen LogP contribution in [0.5, 0.6) is 0 Å². The molecule has 7 nitrogen and oxygen atoms in total. The Hall–Kier alpha value is -2.64. The second-order valence-corrected chi connectivity index (χ2v) is 5.96. The van der Waals surface area contributed by atoms with E-state index >= 15 is 0 Å². The first-order valence-electron chi connectivity index (χ1n) is 7.72. The van der Waals surface area contributed by atoms with Crippen LogP contribution in [0.15, 0.2) is 42.5 Å². The molecular weight excluding hydrogens is 346 g/mol. The van der Waals surface area contributed by atoms with Gasteiger partial charge in [0.15, 0.2) is 0 Å². The van der Waals surface area contributed by atoms with Gasteiger partial charge in [0.25, 0.3) is 11.6 Å². The number of rotatable bonds is 4. The second kappa shape index (κ2) is 7.50. The molecule has 0 spiro atoms. The fourth-order valence-corrected chi connectivity index (χ4v) is 2.75. The standard InChI is InChI=1S/C17H16ClN3O4/c18-13-3-1-12(2-4-13)17(22)19-14-5-6-15(16(11-14)21(23)24)20-7-9-25-10-8-20/h1-6,11H,7-10H2,(H,19,22). The summed E-state index contributed by atoms with van der Waals surface area (Å²) in [4.78, 5) is 25.1. The quantitative estimate of drug-likeness (QED) is 0.667. The van der Waals surface area contributed by atoms with E-state index in [1.807, 2.05) is 4.90 Å². The van der Waals surface area contributed by atoms with Crippen molar-refractivity contribution in [2.24, 2.45) is 0 Å². The average molecular weight is 362 g/mol. The molecule has 2 aromatic carbocycles. The van der Waals surface area contributed by atoms with Crippen LogP contribution < -0.4 is 10.2 Å². The lowest BCUT2D eigenvalue weighted by Gasteiger charge is -2.28. The van der Waals surface area contributed by atoms with E-state index in [4.69, 9.17) is 16.3 Å². The lowest BCUT2D eigenvalue weighted by molar-refractivity contribution is -0.384. The summed E-state index contributed by atoms with van der Waals surface area (Å²) >= 11 is 5.80. The molecule has 1 N–H and O–H groups in total. The number of anilines is 2. The number of morpholine rings is 1. The van der Waals surface area contributed by atoms with Crippen LogP contribution in [0.2, 0.25) is 5.02 Å². The van der Waals surface area contributed by atoms with Gasteiger partial charge in [-0.25, -0.2) is 0 Å². The van der Waals surface area contributed by atoms with Crippen molar-refractivity contribution in [3.63, 3.8) is 0 Å². The number of ether oxygens (including phenoxy) is 1. The lowest BCUT2D eigenvalue weighted by Crippen LogP contribution is -2.36. The number of benzene rings is 2. The maximum absolute atomic E-state index is 12.2. The maximum atomic E-state index is 12.2. The number of amides is 1. The van der Waals surface area contributed by atoms with Crippen LogP contribution in [0.25, 0.3) is 0 Å². The molecule has 3 rings (SSSR count). The normalized spacial score (nSPS) is 14.2. The van der Waals surface area contributed by atoms with E-state index in [2.05, 4.69) is 5.32 Å². The minimum absolute atomic E-state index is 0.0455. The van der Waals surface area contributed by atoms with E-state index in [9.17, 15) is 14.9 Å². The number of hydrogen-bond donors (Lipinski definition) is 1. The van der Waals surface area contributed by atoms with Gasteiger partial charge < -0.3 is 15.0 Å². The van der Waals surface area contributed by atoms with Crippen molar-refractivity contribution in [1.29, 1.82) is 0 Å². The number of hydrogen-bond acceptors (Lipinski definition) is 5. The molecule has 1 saturated heterocycles. The SMILES string of the molecule is O=C(Nc1ccc(N2CCOCC2)c([N+](=O)[O-])c1)c1ccc(Cl)cc1. The zero-order valence-electron chi connectivity index (χ0n) is 13.3. The van der Waals surface area contributed by atoms with Crippen molar-refractivity contribution in [1.82, 2.24) is 0 Å². The van der Waals surface area contributed by atoms with Crippen LogP contribution >= 0.6 is 11.6 Å². The van der Waals surface area contributed by atoms with Crippen molar-refractivity contribution < 1.29 is 14.5 Å². The predicted molar refractivity (Wildman–Crippen MR) is 95.5 cm³/mol. The Balaban J connectivity index is 1.82. The summed E-state index contributed by atoms with van der Waals surface area (Å²) in [5.41, 5.74) is 1.27. The van der Waals surface area contributed by atoms with E-state index in [0.717, 1.165) is 0 Å². The molecule has 0 aliphatic carbocycles. The summed E-state index contributed by atoms with van der Waals surface area (Å²) in [5, 5.41) is 14.6. The fraction of sp³-hybridized carbons (Fsp3) is 0.235. The molecule has 1 aliphatic rings. The molecule has 1 aliphatic heterocycles. The summed E-state index contributed by atoms with van der Waals surface area (Å²) in [7, 11) is 0. The Morgan fingerprint density at radius 3 is 2.48 bits per heavy atom. The molecule has 0 bridgehead atoms. The van der Waals surface area contributed by atoms with Crippen LogP contribution in [0.4, 0.5) is 17.1 Å². The van der Waals surface area contributed by atoms with Gasteiger partial charge in [-0.1, -0.05) is 11.6 Å². The highest BCUT2D eigenvalue weighted by molar-refractivity contribution is 6.30. The minimum atomic E-state index is -0.442. The van der Waals surface area contributed by atoms with E-state index < -0.39 is 4.92 Å². The molecule has 2 aromatic rings. The minimum Gasteiger partial charge on any atom is -0.378 e. The van der Waals surface area contributed by atoms with E-state index in [-0.39, 0.29) is 11.6 Å². The zero-order valence-corrected chi connectivity index (χ0v) is 14.0. The molecule has 1 heterocycles. The van der Waals surface area contributed by atoms with Crippen LogP contribution in [0, 0.1) is 10.1 Å². The van der Waals surface area contributed by atoms with Gasteiger partial charge in [-0.2, -0.15) is 0 Å². The monoisotopic (exact) mass is 361 g/mol. The number of halogens is 1. The number of nitrogens with zero attached hydrogens (tertiary/aromatic N) is 2. The first-order chi connectivity index (χ1) is 12.0. The molecule has 0 saturated carbocycles. The maximum Gasteiger partial charge on any atom is 0.294 e. The number of nitro benzene ring substituents is 1. The Morgan fingerprint density at radius 1 is 1.16 bits per heavy atom. The van der Waals surface area contributed by atoms with Gasteiger partial charge in [0.05, 0.1) is 18.1 Å². The smallest absolute Gasteiger partial charge is 0.294 e. The highest BCUT2D eigenvalue weighted by Gasteiger charge is 2.22. The number of carbonyl (C=O) groups is 1. The summed E-state index contributed by atoms with van der Waals surface area (Å²) in [6, 6.07) is 11.1. The van der Waals surface area contributed by atoms with Crippen LogP contribution in [-0.4, -0.2) is 37.1 Å².